The number of rotatable bonds is 10. The molecular formula is C15H24N2O5S. The van der Waals surface area contributed by atoms with Crippen LogP contribution in [-0.2, 0) is 14.8 Å². The van der Waals surface area contributed by atoms with Crippen LogP contribution in [0.4, 0.5) is 5.69 Å². The van der Waals surface area contributed by atoms with E-state index in [0.717, 1.165) is 6.42 Å². The van der Waals surface area contributed by atoms with Crippen molar-refractivity contribution in [2.24, 2.45) is 0 Å². The number of aromatic carboxylic acids is 1. The van der Waals surface area contributed by atoms with Gasteiger partial charge in [0.1, 0.15) is 4.90 Å². The Hall–Kier alpha value is -1.64. The highest BCUT2D eigenvalue weighted by Crippen LogP contribution is 2.23. The number of sulfonamides is 1. The van der Waals surface area contributed by atoms with Gasteiger partial charge in [0.05, 0.1) is 17.9 Å². The molecule has 1 aromatic rings. The summed E-state index contributed by atoms with van der Waals surface area (Å²) in [6, 6.07) is 3.76. The lowest BCUT2D eigenvalue weighted by atomic mass is 10.2. The highest BCUT2D eigenvalue weighted by Gasteiger charge is 2.22. The summed E-state index contributed by atoms with van der Waals surface area (Å²) in [7, 11) is -2.28. The highest BCUT2D eigenvalue weighted by atomic mass is 32.2. The Kier molecular flexibility index (Phi) is 7.47. The molecule has 0 saturated carbocycles. The van der Waals surface area contributed by atoms with Gasteiger partial charge in [-0.1, -0.05) is 13.3 Å². The monoisotopic (exact) mass is 344 g/mol. The molecule has 7 nitrogen and oxygen atoms in total. The Labute approximate surface area is 137 Å². The molecule has 0 aliphatic rings. The molecule has 0 aliphatic carbocycles. The minimum absolute atomic E-state index is 0.0727. The maximum absolute atomic E-state index is 12.6. The zero-order chi connectivity index (χ0) is 17.5. The van der Waals surface area contributed by atoms with Gasteiger partial charge in [-0.3, -0.25) is 0 Å². The van der Waals surface area contributed by atoms with Gasteiger partial charge >= 0.3 is 5.97 Å². The first kappa shape index (κ1) is 19.4. The molecule has 0 heterocycles. The van der Waals surface area contributed by atoms with Gasteiger partial charge in [-0.15, -0.1) is 0 Å². The van der Waals surface area contributed by atoms with E-state index in [4.69, 9.17) is 9.84 Å². The second kappa shape index (κ2) is 8.85. The van der Waals surface area contributed by atoms with Crippen molar-refractivity contribution >= 4 is 21.7 Å². The Morgan fingerprint density at radius 1 is 1.39 bits per heavy atom. The van der Waals surface area contributed by atoms with Gasteiger partial charge in [-0.05, 0) is 31.5 Å². The molecule has 8 heteroatoms. The summed E-state index contributed by atoms with van der Waals surface area (Å²) in [5.74, 6) is -1.17. The Bertz CT molecular complexity index is 631. The number of carboxylic acids is 1. The first-order valence-corrected chi connectivity index (χ1v) is 8.92. The van der Waals surface area contributed by atoms with Crippen LogP contribution in [0.5, 0.6) is 0 Å². The van der Waals surface area contributed by atoms with Crippen molar-refractivity contribution in [3.8, 4) is 0 Å². The molecule has 1 atom stereocenters. The molecule has 0 saturated heterocycles. The third-order valence-electron chi connectivity index (χ3n) is 3.22. The summed E-state index contributed by atoms with van der Waals surface area (Å²) in [5, 5.41) is 12.0. The van der Waals surface area contributed by atoms with E-state index < -0.39 is 16.0 Å². The number of nitrogens with one attached hydrogen (secondary N) is 2. The van der Waals surface area contributed by atoms with Gasteiger partial charge in [0.25, 0.3) is 0 Å². The van der Waals surface area contributed by atoms with Crippen LogP contribution in [0.25, 0.3) is 0 Å². The lowest BCUT2D eigenvalue weighted by Gasteiger charge is -2.17. The molecule has 0 unspecified atom stereocenters. The number of anilines is 1. The molecular weight excluding hydrogens is 320 g/mol. The van der Waals surface area contributed by atoms with Crippen LogP contribution < -0.4 is 10.0 Å². The Morgan fingerprint density at radius 2 is 2.09 bits per heavy atom. The van der Waals surface area contributed by atoms with Gasteiger partial charge < -0.3 is 15.2 Å². The largest absolute Gasteiger partial charge is 0.478 e. The van der Waals surface area contributed by atoms with Crippen molar-refractivity contribution in [1.29, 1.82) is 0 Å². The molecule has 0 spiro atoms. The predicted molar refractivity (Wildman–Crippen MR) is 88.5 cm³/mol. The summed E-state index contributed by atoms with van der Waals surface area (Å²) in [6.07, 6.45) is 1.54. The summed E-state index contributed by atoms with van der Waals surface area (Å²) in [4.78, 5) is 11.0. The number of methoxy groups -OCH3 is 1. The summed E-state index contributed by atoms with van der Waals surface area (Å²) in [6.45, 7) is 4.56. The van der Waals surface area contributed by atoms with E-state index in [-0.39, 0.29) is 16.5 Å². The van der Waals surface area contributed by atoms with Crippen LogP contribution >= 0.6 is 0 Å². The maximum Gasteiger partial charge on any atom is 0.335 e. The molecule has 23 heavy (non-hydrogen) atoms. The zero-order valence-corrected chi connectivity index (χ0v) is 14.4. The predicted octanol–water partition coefficient (Wildman–Crippen LogP) is 1.91. The SMILES string of the molecule is CCC[C@H](C)NS(=O)(=O)c1cc(C(=O)O)ccc1NCCOC. The fourth-order valence-corrected chi connectivity index (χ4v) is 3.62. The van der Waals surface area contributed by atoms with E-state index in [2.05, 4.69) is 10.0 Å². The van der Waals surface area contributed by atoms with Crippen molar-refractivity contribution in [1.82, 2.24) is 4.72 Å². The topological polar surface area (TPSA) is 105 Å². The molecule has 0 aliphatic heterocycles. The fourth-order valence-electron chi connectivity index (χ4n) is 2.13. The lowest BCUT2D eigenvalue weighted by molar-refractivity contribution is 0.0696. The van der Waals surface area contributed by atoms with Crippen molar-refractivity contribution in [2.75, 3.05) is 25.6 Å². The molecule has 130 valence electrons. The maximum atomic E-state index is 12.6. The molecule has 0 fully saturated rings. The van der Waals surface area contributed by atoms with Gasteiger partial charge in [0.15, 0.2) is 0 Å². The van der Waals surface area contributed by atoms with Crippen LogP contribution in [0.15, 0.2) is 23.1 Å². The van der Waals surface area contributed by atoms with Crippen molar-refractivity contribution in [3.05, 3.63) is 23.8 Å². The highest BCUT2D eigenvalue weighted by molar-refractivity contribution is 7.89. The third-order valence-corrected chi connectivity index (χ3v) is 4.85. The van der Waals surface area contributed by atoms with E-state index in [9.17, 15) is 13.2 Å². The van der Waals surface area contributed by atoms with Crippen LogP contribution in [0.2, 0.25) is 0 Å². The molecule has 0 radical (unpaired) electrons. The summed E-state index contributed by atoms with van der Waals surface area (Å²) in [5.41, 5.74) is 0.272. The average Bonchev–Trinajstić information content (AvgIpc) is 2.47. The van der Waals surface area contributed by atoms with E-state index in [1.54, 1.807) is 14.0 Å². The smallest absolute Gasteiger partial charge is 0.335 e. The quantitative estimate of drug-likeness (QED) is 0.560. The zero-order valence-electron chi connectivity index (χ0n) is 13.6. The normalized spacial score (nSPS) is 12.8. The van der Waals surface area contributed by atoms with Gasteiger partial charge in [0, 0.05) is 19.7 Å². The minimum Gasteiger partial charge on any atom is -0.478 e. The Balaban J connectivity index is 3.16. The number of benzene rings is 1. The van der Waals surface area contributed by atoms with E-state index >= 15 is 0 Å². The van der Waals surface area contributed by atoms with Gasteiger partial charge in [-0.2, -0.15) is 0 Å². The second-order valence-corrected chi connectivity index (χ2v) is 6.93. The van der Waals surface area contributed by atoms with Crippen molar-refractivity contribution in [2.45, 2.75) is 37.6 Å². The molecule has 0 aromatic heterocycles. The Morgan fingerprint density at radius 3 is 2.65 bits per heavy atom. The van der Waals surface area contributed by atoms with Crippen LogP contribution in [-0.4, -0.2) is 45.8 Å². The molecule has 1 aromatic carbocycles. The number of carboxylic acid groups (broad SMARTS) is 1. The van der Waals surface area contributed by atoms with Crippen LogP contribution in [0, 0.1) is 0 Å². The number of hydrogen-bond acceptors (Lipinski definition) is 5. The van der Waals surface area contributed by atoms with E-state index in [1.807, 2.05) is 6.92 Å². The number of carbonyl (C=O) groups is 1. The average molecular weight is 344 g/mol. The number of hydrogen-bond donors (Lipinski definition) is 3. The minimum atomic E-state index is -3.82. The number of ether oxygens (including phenoxy) is 1. The first-order valence-electron chi connectivity index (χ1n) is 7.44. The summed E-state index contributed by atoms with van der Waals surface area (Å²) >= 11 is 0. The first-order chi connectivity index (χ1) is 10.8. The third kappa shape index (κ3) is 5.81. The van der Waals surface area contributed by atoms with Gasteiger partial charge in [-0.25, -0.2) is 17.9 Å². The van der Waals surface area contributed by atoms with Gasteiger partial charge in [0.2, 0.25) is 10.0 Å². The van der Waals surface area contributed by atoms with E-state index in [0.29, 0.717) is 25.3 Å². The molecule has 0 bridgehead atoms. The van der Waals surface area contributed by atoms with Crippen LogP contribution in [0.1, 0.15) is 37.0 Å². The van der Waals surface area contributed by atoms with Crippen molar-refractivity contribution < 1.29 is 23.1 Å². The molecule has 3 N–H and O–H groups in total. The van der Waals surface area contributed by atoms with Crippen molar-refractivity contribution in [3.63, 3.8) is 0 Å². The summed E-state index contributed by atoms with van der Waals surface area (Å²) < 4.78 is 32.6. The van der Waals surface area contributed by atoms with E-state index in [1.165, 1.54) is 18.2 Å². The standard InChI is InChI=1S/C15H24N2O5S/c1-4-5-11(2)17-23(20,21)14-10-12(15(18)19)6-7-13(14)16-8-9-22-3/h6-7,10-11,16-17H,4-5,8-9H2,1-3H3,(H,18,19)/t11-/m0/s1. The fraction of sp³-hybridized carbons (Fsp3) is 0.533. The molecule has 0 amide bonds. The lowest BCUT2D eigenvalue weighted by Crippen LogP contribution is -2.33. The van der Waals surface area contributed by atoms with Crippen LogP contribution in [0.3, 0.4) is 0 Å². The molecule has 1 rings (SSSR count). The second-order valence-electron chi connectivity index (χ2n) is 5.25.